The molecule has 0 unspecified atom stereocenters. The summed E-state index contributed by atoms with van der Waals surface area (Å²) >= 11 is 0. The molecule has 2 aromatic carbocycles. The fourth-order valence-corrected chi connectivity index (χ4v) is 3.48. The van der Waals surface area contributed by atoms with Crippen LogP contribution in [0.4, 0.5) is 0 Å². The van der Waals surface area contributed by atoms with Crippen LogP contribution in [0.25, 0.3) is 22.4 Å². The molecule has 0 aliphatic carbocycles. The van der Waals surface area contributed by atoms with E-state index in [0.717, 1.165) is 16.7 Å². The van der Waals surface area contributed by atoms with Crippen molar-refractivity contribution in [1.29, 1.82) is 0 Å². The second kappa shape index (κ2) is 7.39. The maximum absolute atomic E-state index is 13.2. The van der Waals surface area contributed by atoms with E-state index in [0.29, 0.717) is 17.8 Å². The van der Waals surface area contributed by atoms with Gasteiger partial charge in [-0.3, -0.25) is 9.59 Å². The number of carbonyl (C=O) groups excluding carboxylic acids is 2. The van der Waals surface area contributed by atoms with Crippen LogP contribution in [0, 0.1) is 0 Å². The number of carbonyl (C=O) groups is 2. The van der Waals surface area contributed by atoms with Crippen molar-refractivity contribution in [2.45, 2.75) is 6.54 Å². The first-order valence-electron chi connectivity index (χ1n) is 9.26. The third-order valence-electron chi connectivity index (χ3n) is 5.02. The number of benzene rings is 2. The van der Waals surface area contributed by atoms with Gasteiger partial charge in [-0.05, 0) is 17.2 Å². The molecule has 0 atom stereocenters. The Morgan fingerprint density at radius 2 is 1.69 bits per heavy atom. The molecule has 0 bridgehead atoms. The Bertz CT molecular complexity index is 1160. The van der Waals surface area contributed by atoms with E-state index in [1.165, 1.54) is 4.90 Å². The third-order valence-corrected chi connectivity index (χ3v) is 5.02. The minimum atomic E-state index is -0.627. The van der Waals surface area contributed by atoms with Crippen molar-refractivity contribution in [2.75, 3.05) is 20.7 Å². The molecule has 0 spiro atoms. The van der Waals surface area contributed by atoms with Crippen molar-refractivity contribution in [3.63, 3.8) is 0 Å². The highest BCUT2D eigenvalue weighted by atomic mass is 16.5. The maximum Gasteiger partial charge on any atom is 0.340 e. The Morgan fingerprint density at radius 1 is 1.00 bits per heavy atom. The van der Waals surface area contributed by atoms with E-state index in [4.69, 9.17) is 4.74 Å². The van der Waals surface area contributed by atoms with Crippen LogP contribution in [-0.4, -0.2) is 42.0 Å². The van der Waals surface area contributed by atoms with Crippen molar-refractivity contribution in [3.8, 4) is 22.4 Å². The SMILES string of the molecule is CN(C)C(=O)COC(=O)c1cc(-c2ccccc2)c(=O)n2c1-c1ccccc1C2. The molecule has 0 N–H and O–H groups in total. The molecule has 4 rings (SSSR count). The van der Waals surface area contributed by atoms with Crippen molar-refractivity contribution >= 4 is 11.9 Å². The molecular weight excluding hydrogens is 368 g/mol. The van der Waals surface area contributed by atoms with Gasteiger partial charge in [0.25, 0.3) is 11.5 Å². The van der Waals surface area contributed by atoms with Crippen LogP contribution in [0.1, 0.15) is 15.9 Å². The molecule has 0 radical (unpaired) electrons. The van der Waals surface area contributed by atoms with E-state index in [1.807, 2.05) is 54.6 Å². The van der Waals surface area contributed by atoms with Gasteiger partial charge in [0.1, 0.15) is 0 Å². The molecule has 6 nitrogen and oxygen atoms in total. The highest BCUT2D eigenvalue weighted by Crippen LogP contribution is 2.35. The van der Waals surface area contributed by atoms with Crippen LogP contribution < -0.4 is 5.56 Å². The standard InChI is InChI=1S/C23H20N2O4/c1-24(2)20(26)14-29-23(28)19-12-18(15-8-4-3-5-9-15)22(27)25-13-16-10-6-7-11-17(16)21(19)25/h3-12H,13-14H2,1-2H3. The normalized spacial score (nSPS) is 11.5. The highest BCUT2D eigenvalue weighted by molar-refractivity contribution is 5.99. The molecule has 0 saturated carbocycles. The van der Waals surface area contributed by atoms with Gasteiger partial charge in [-0.1, -0.05) is 54.6 Å². The van der Waals surface area contributed by atoms with Crippen LogP contribution in [0.15, 0.2) is 65.5 Å². The van der Waals surface area contributed by atoms with E-state index in [1.54, 1.807) is 24.7 Å². The number of nitrogens with zero attached hydrogens (tertiary/aromatic N) is 2. The molecule has 29 heavy (non-hydrogen) atoms. The summed E-state index contributed by atoms with van der Waals surface area (Å²) in [7, 11) is 3.19. The molecule has 1 aliphatic rings. The second-order valence-corrected chi connectivity index (χ2v) is 7.10. The van der Waals surface area contributed by atoms with Crippen molar-refractivity contribution in [1.82, 2.24) is 9.47 Å². The summed E-state index contributed by atoms with van der Waals surface area (Å²) in [4.78, 5) is 39.3. The molecule has 1 amide bonds. The first kappa shape index (κ1) is 18.7. The van der Waals surface area contributed by atoms with Gasteiger partial charge in [-0.2, -0.15) is 0 Å². The zero-order valence-corrected chi connectivity index (χ0v) is 16.2. The fourth-order valence-electron chi connectivity index (χ4n) is 3.48. The van der Waals surface area contributed by atoms with Crippen LogP contribution in [0.2, 0.25) is 0 Å². The minimum Gasteiger partial charge on any atom is -0.452 e. The summed E-state index contributed by atoms with van der Waals surface area (Å²) < 4.78 is 6.89. The van der Waals surface area contributed by atoms with Gasteiger partial charge in [-0.25, -0.2) is 4.79 Å². The van der Waals surface area contributed by atoms with E-state index < -0.39 is 5.97 Å². The number of ether oxygens (including phenoxy) is 1. The van der Waals surface area contributed by atoms with Gasteiger partial charge in [0.05, 0.1) is 17.8 Å². The van der Waals surface area contributed by atoms with Gasteiger partial charge >= 0.3 is 5.97 Å². The van der Waals surface area contributed by atoms with Crippen molar-refractivity contribution in [2.24, 2.45) is 0 Å². The number of hydrogen-bond donors (Lipinski definition) is 0. The Kier molecular flexibility index (Phi) is 4.76. The first-order chi connectivity index (χ1) is 14.0. The minimum absolute atomic E-state index is 0.164. The van der Waals surface area contributed by atoms with Gasteiger partial charge < -0.3 is 14.2 Å². The first-order valence-corrected chi connectivity index (χ1v) is 9.26. The number of esters is 1. The Labute approximate surface area is 168 Å². The number of hydrogen-bond acceptors (Lipinski definition) is 4. The van der Waals surface area contributed by atoms with Gasteiger partial charge in [-0.15, -0.1) is 0 Å². The lowest BCUT2D eigenvalue weighted by atomic mass is 10.00. The predicted octanol–water partition coefficient (Wildman–Crippen LogP) is 2.79. The molecule has 1 aliphatic heterocycles. The molecule has 146 valence electrons. The number of pyridine rings is 1. The van der Waals surface area contributed by atoms with E-state index in [-0.39, 0.29) is 23.6 Å². The van der Waals surface area contributed by atoms with Crippen LogP contribution >= 0.6 is 0 Å². The second-order valence-electron chi connectivity index (χ2n) is 7.10. The van der Waals surface area contributed by atoms with Gasteiger partial charge in [0.2, 0.25) is 0 Å². The molecule has 1 aromatic heterocycles. The summed E-state index contributed by atoms with van der Waals surface area (Å²) in [6.07, 6.45) is 0. The average molecular weight is 388 g/mol. The molecule has 3 aromatic rings. The van der Waals surface area contributed by atoms with Gasteiger partial charge in [0, 0.05) is 25.2 Å². The lowest BCUT2D eigenvalue weighted by Crippen LogP contribution is -2.28. The smallest absolute Gasteiger partial charge is 0.340 e. The summed E-state index contributed by atoms with van der Waals surface area (Å²) in [5.41, 5.74) is 3.59. The maximum atomic E-state index is 13.2. The molecular formula is C23H20N2O4. The average Bonchev–Trinajstić information content (AvgIpc) is 3.13. The Hall–Kier alpha value is -3.67. The highest BCUT2D eigenvalue weighted by Gasteiger charge is 2.28. The van der Waals surface area contributed by atoms with Crippen LogP contribution in [0.5, 0.6) is 0 Å². The number of amides is 1. The van der Waals surface area contributed by atoms with E-state index >= 15 is 0 Å². The van der Waals surface area contributed by atoms with E-state index in [9.17, 15) is 14.4 Å². The summed E-state index contributed by atoms with van der Waals surface area (Å²) in [6.45, 7) is 0.0363. The predicted molar refractivity (Wildman–Crippen MR) is 110 cm³/mol. The Balaban J connectivity index is 1.85. The zero-order valence-electron chi connectivity index (χ0n) is 16.2. The zero-order chi connectivity index (χ0) is 20.5. The van der Waals surface area contributed by atoms with Gasteiger partial charge in [0.15, 0.2) is 6.61 Å². The van der Waals surface area contributed by atoms with Crippen molar-refractivity contribution in [3.05, 3.63) is 82.1 Å². The number of fused-ring (bicyclic) bond motifs is 3. The third kappa shape index (κ3) is 3.33. The lowest BCUT2D eigenvalue weighted by molar-refractivity contribution is -0.131. The van der Waals surface area contributed by atoms with E-state index in [2.05, 4.69) is 0 Å². The van der Waals surface area contributed by atoms with Crippen molar-refractivity contribution < 1.29 is 14.3 Å². The summed E-state index contributed by atoms with van der Waals surface area (Å²) in [5, 5.41) is 0. The lowest BCUT2D eigenvalue weighted by Gasteiger charge is -2.14. The monoisotopic (exact) mass is 388 g/mol. The molecule has 6 heteroatoms. The molecule has 2 heterocycles. The van der Waals surface area contributed by atoms with Crippen LogP contribution in [-0.2, 0) is 16.1 Å². The number of rotatable bonds is 4. The topological polar surface area (TPSA) is 68.6 Å². The largest absolute Gasteiger partial charge is 0.452 e. The fraction of sp³-hybridized carbons (Fsp3) is 0.174. The summed E-state index contributed by atoms with van der Waals surface area (Å²) in [6, 6.07) is 18.4. The molecule has 0 saturated heterocycles. The number of likely N-dealkylation sites (N-methyl/N-ethyl adjacent to an activating group) is 1. The van der Waals surface area contributed by atoms with Crippen LogP contribution in [0.3, 0.4) is 0 Å². The molecule has 0 fully saturated rings. The summed E-state index contributed by atoms with van der Waals surface area (Å²) in [5.74, 6) is -0.940. The Morgan fingerprint density at radius 3 is 2.41 bits per heavy atom. The number of aromatic nitrogens is 1. The quantitative estimate of drug-likeness (QED) is 0.504.